The van der Waals surface area contributed by atoms with Gasteiger partial charge < -0.3 is 10.6 Å². The van der Waals surface area contributed by atoms with E-state index in [1.807, 2.05) is 54.6 Å². The number of nitrogens with zero attached hydrogens (tertiary/aromatic N) is 5. The van der Waals surface area contributed by atoms with Crippen LogP contribution in [-0.2, 0) is 22.7 Å². The van der Waals surface area contributed by atoms with Gasteiger partial charge in [-0.15, -0.1) is 10.2 Å². The van der Waals surface area contributed by atoms with Crippen molar-refractivity contribution in [3.63, 3.8) is 0 Å². The van der Waals surface area contributed by atoms with Gasteiger partial charge in [-0.1, -0.05) is 46.3 Å². The Balaban J connectivity index is 1.70. The van der Waals surface area contributed by atoms with Crippen LogP contribution in [0.1, 0.15) is 12.0 Å². The third-order valence-corrected chi connectivity index (χ3v) is 4.56. The zero-order valence-corrected chi connectivity index (χ0v) is 16.6. The molecule has 0 fully saturated rings. The summed E-state index contributed by atoms with van der Waals surface area (Å²) in [7, 11) is 0. The van der Waals surface area contributed by atoms with Crippen molar-refractivity contribution in [2.75, 3.05) is 6.54 Å². The van der Waals surface area contributed by atoms with Crippen molar-refractivity contribution < 1.29 is 9.59 Å². The summed E-state index contributed by atoms with van der Waals surface area (Å²) in [5, 5.41) is 12.2. The van der Waals surface area contributed by atoms with Crippen LogP contribution in [0.5, 0.6) is 0 Å². The van der Waals surface area contributed by atoms with Crippen LogP contribution < -0.4 is 5.73 Å². The number of amides is 2. The quantitative estimate of drug-likeness (QED) is 0.573. The number of hydrogen-bond acceptors (Lipinski definition) is 5. The predicted octanol–water partition coefficient (Wildman–Crippen LogP) is 2.01. The third-order valence-electron chi connectivity index (χ3n) is 4.03. The number of benzene rings is 2. The summed E-state index contributed by atoms with van der Waals surface area (Å²) in [5.41, 5.74) is 7.01. The van der Waals surface area contributed by atoms with E-state index in [0.717, 1.165) is 15.6 Å². The lowest BCUT2D eigenvalue weighted by Gasteiger charge is -2.22. The van der Waals surface area contributed by atoms with Crippen LogP contribution in [0.2, 0.25) is 0 Å². The van der Waals surface area contributed by atoms with Crippen molar-refractivity contribution >= 4 is 27.7 Å². The Bertz CT molecular complexity index is 943. The first-order valence-electron chi connectivity index (χ1n) is 8.65. The van der Waals surface area contributed by atoms with Gasteiger partial charge in [-0.3, -0.25) is 9.59 Å². The van der Waals surface area contributed by atoms with Gasteiger partial charge in [0.2, 0.25) is 17.6 Å². The van der Waals surface area contributed by atoms with Crippen molar-refractivity contribution in [2.45, 2.75) is 19.5 Å². The average molecular weight is 443 g/mol. The molecular formula is C19H19BrN6O2. The minimum absolute atomic E-state index is 0.0743. The molecular weight excluding hydrogens is 424 g/mol. The highest BCUT2D eigenvalue weighted by Gasteiger charge is 2.17. The summed E-state index contributed by atoms with van der Waals surface area (Å²) in [6, 6.07) is 17.0. The molecule has 144 valence electrons. The Morgan fingerprint density at radius 2 is 1.79 bits per heavy atom. The van der Waals surface area contributed by atoms with Crippen molar-refractivity contribution in [3.05, 3.63) is 64.6 Å². The maximum atomic E-state index is 12.8. The van der Waals surface area contributed by atoms with Crippen LogP contribution >= 0.6 is 15.9 Å². The van der Waals surface area contributed by atoms with E-state index in [1.165, 1.54) is 4.80 Å². The first-order valence-corrected chi connectivity index (χ1v) is 9.44. The molecule has 2 N–H and O–H groups in total. The van der Waals surface area contributed by atoms with Crippen molar-refractivity contribution in [3.8, 4) is 11.4 Å². The van der Waals surface area contributed by atoms with Gasteiger partial charge in [0.05, 0.1) is 0 Å². The second-order valence-electron chi connectivity index (χ2n) is 6.17. The zero-order chi connectivity index (χ0) is 19.9. The molecule has 0 aliphatic carbocycles. The summed E-state index contributed by atoms with van der Waals surface area (Å²) in [5.74, 6) is -0.237. The van der Waals surface area contributed by atoms with Gasteiger partial charge in [-0.05, 0) is 35.0 Å². The first-order chi connectivity index (χ1) is 13.5. The fourth-order valence-corrected chi connectivity index (χ4v) is 2.85. The Labute approximate surface area is 170 Å². The number of halogens is 1. The van der Waals surface area contributed by atoms with E-state index < -0.39 is 5.91 Å². The second kappa shape index (κ2) is 9.23. The smallest absolute Gasteiger partial charge is 0.246 e. The number of nitrogens with two attached hydrogens (primary N) is 1. The number of rotatable bonds is 8. The summed E-state index contributed by atoms with van der Waals surface area (Å²) < 4.78 is 0.949. The van der Waals surface area contributed by atoms with E-state index in [-0.39, 0.29) is 25.4 Å². The summed E-state index contributed by atoms with van der Waals surface area (Å²) in [4.78, 5) is 26.7. The van der Waals surface area contributed by atoms with E-state index in [1.54, 1.807) is 4.90 Å². The molecule has 0 unspecified atom stereocenters. The SMILES string of the molecule is NC(=O)CCN(Cc1ccccc1)C(=O)Cn1nnc(-c2ccc(Br)cc2)n1. The molecule has 3 rings (SSSR count). The second-order valence-corrected chi connectivity index (χ2v) is 7.08. The highest BCUT2D eigenvalue weighted by molar-refractivity contribution is 9.10. The van der Waals surface area contributed by atoms with Gasteiger partial charge in [0.25, 0.3) is 0 Å². The molecule has 2 aromatic carbocycles. The molecule has 0 radical (unpaired) electrons. The highest BCUT2D eigenvalue weighted by Crippen LogP contribution is 2.17. The number of tetrazole rings is 1. The molecule has 0 aliphatic heterocycles. The Kier molecular flexibility index (Phi) is 6.49. The van der Waals surface area contributed by atoms with Crippen LogP contribution in [-0.4, -0.2) is 43.5 Å². The van der Waals surface area contributed by atoms with Crippen molar-refractivity contribution in [2.24, 2.45) is 5.73 Å². The van der Waals surface area contributed by atoms with Gasteiger partial charge in [-0.2, -0.15) is 4.80 Å². The van der Waals surface area contributed by atoms with Crippen LogP contribution in [0.25, 0.3) is 11.4 Å². The lowest BCUT2D eigenvalue weighted by atomic mass is 10.2. The molecule has 0 spiro atoms. The molecule has 0 atom stereocenters. The molecule has 1 aromatic heterocycles. The van der Waals surface area contributed by atoms with Crippen molar-refractivity contribution in [1.29, 1.82) is 0 Å². The minimum Gasteiger partial charge on any atom is -0.370 e. The minimum atomic E-state index is -0.456. The highest BCUT2D eigenvalue weighted by atomic mass is 79.9. The first kappa shape index (κ1) is 19.7. The Morgan fingerprint density at radius 1 is 1.07 bits per heavy atom. The van der Waals surface area contributed by atoms with E-state index in [0.29, 0.717) is 12.4 Å². The monoisotopic (exact) mass is 442 g/mol. The predicted molar refractivity (Wildman–Crippen MR) is 107 cm³/mol. The molecule has 28 heavy (non-hydrogen) atoms. The molecule has 3 aromatic rings. The van der Waals surface area contributed by atoms with E-state index in [9.17, 15) is 9.59 Å². The normalized spacial score (nSPS) is 10.6. The zero-order valence-electron chi connectivity index (χ0n) is 15.0. The molecule has 1 heterocycles. The number of hydrogen-bond donors (Lipinski definition) is 1. The fraction of sp³-hybridized carbons (Fsp3) is 0.211. The van der Waals surface area contributed by atoms with Crippen molar-refractivity contribution in [1.82, 2.24) is 25.1 Å². The average Bonchev–Trinajstić information content (AvgIpc) is 3.14. The Hall–Kier alpha value is -3.07. The van der Waals surface area contributed by atoms with Crippen LogP contribution in [0, 0.1) is 0 Å². The van der Waals surface area contributed by atoms with E-state index in [4.69, 9.17) is 5.73 Å². The molecule has 0 saturated heterocycles. The van der Waals surface area contributed by atoms with Gasteiger partial charge in [0.15, 0.2) is 0 Å². The number of aromatic nitrogens is 4. The summed E-state index contributed by atoms with van der Waals surface area (Å²) in [6.45, 7) is 0.535. The topological polar surface area (TPSA) is 107 Å². The van der Waals surface area contributed by atoms with Crippen LogP contribution in [0.3, 0.4) is 0 Å². The molecule has 2 amide bonds. The summed E-state index contributed by atoms with van der Waals surface area (Å²) in [6.07, 6.45) is 0.0908. The molecule has 8 nitrogen and oxygen atoms in total. The maximum absolute atomic E-state index is 12.8. The van der Waals surface area contributed by atoms with Gasteiger partial charge in [0.1, 0.15) is 6.54 Å². The number of primary amides is 1. The molecule has 9 heteroatoms. The standard InChI is InChI=1S/C19H19BrN6O2/c20-16-8-6-15(7-9-16)19-22-24-26(23-19)13-18(28)25(11-10-17(21)27)12-14-4-2-1-3-5-14/h1-9H,10-13H2,(H2,21,27). The molecule has 0 saturated carbocycles. The maximum Gasteiger partial charge on any atom is 0.246 e. The number of carbonyl (C=O) groups excluding carboxylic acids is 2. The molecule has 0 aliphatic rings. The lowest BCUT2D eigenvalue weighted by Crippen LogP contribution is -2.36. The fourth-order valence-electron chi connectivity index (χ4n) is 2.59. The van der Waals surface area contributed by atoms with E-state index in [2.05, 4.69) is 31.3 Å². The van der Waals surface area contributed by atoms with Crippen LogP contribution in [0.4, 0.5) is 0 Å². The van der Waals surface area contributed by atoms with Crippen LogP contribution in [0.15, 0.2) is 59.1 Å². The summed E-state index contributed by atoms with van der Waals surface area (Å²) >= 11 is 3.38. The largest absolute Gasteiger partial charge is 0.370 e. The van der Waals surface area contributed by atoms with E-state index >= 15 is 0 Å². The molecule has 0 bridgehead atoms. The number of carbonyl (C=O) groups is 2. The Morgan fingerprint density at radius 3 is 2.46 bits per heavy atom. The van der Waals surface area contributed by atoms with Gasteiger partial charge >= 0.3 is 0 Å². The lowest BCUT2D eigenvalue weighted by molar-refractivity contribution is -0.133. The third kappa shape index (κ3) is 5.46. The van der Waals surface area contributed by atoms with Gasteiger partial charge in [-0.25, -0.2) is 0 Å². The van der Waals surface area contributed by atoms with Gasteiger partial charge in [0, 0.05) is 29.5 Å².